The van der Waals surface area contributed by atoms with Crippen LogP contribution < -0.4 is 5.32 Å². The zero-order valence-electron chi connectivity index (χ0n) is 15.1. The summed E-state index contributed by atoms with van der Waals surface area (Å²) in [5.41, 5.74) is 4.29. The third kappa shape index (κ3) is 3.32. The highest BCUT2D eigenvalue weighted by molar-refractivity contribution is 5.94. The molecule has 0 aliphatic heterocycles. The van der Waals surface area contributed by atoms with Crippen molar-refractivity contribution < 1.29 is 13.2 Å². The van der Waals surface area contributed by atoms with E-state index in [9.17, 15) is 8.78 Å². The van der Waals surface area contributed by atoms with Gasteiger partial charge in [-0.05, 0) is 24.3 Å². The van der Waals surface area contributed by atoms with E-state index >= 15 is 0 Å². The van der Waals surface area contributed by atoms with Crippen LogP contribution in [0.2, 0.25) is 0 Å². The summed E-state index contributed by atoms with van der Waals surface area (Å²) in [6.45, 7) is 0. The molecule has 0 aliphatic carbocycles. The molecule has 9 nitrogen and oxygen atoms in total. The van der Waals surface area contributed by atoms with Gasteiger partial charge >= 0.3 is 6.43 Å². The SMILES string of the molecule is FC(F)c1nnc(-c2cnc(Nc3cc(-c4ccccn4)c4nc[nH]c4c3)nc2)o1. The van der Waals surface area contributed by atoms with Crippen molar-refractivity contribution in [2.24, 2.45) is 0 Å². The summed E-state index contributed by atoms with van der Waals surface area (Å²) in [6, 6.07) is 9.42. The standard InChI is InChI=1S/C19H12F2N8O/c20-16(21)18-29-28-17(30-18)10-7-23-19(24-8-10)27-11-5-12(13-3-1-2-4-22-13)15-14(6-11)25-9-26-15/h1-9,16H,(H,25,26)(H,23,24,27). The number of nitrogens with one attached hydrogen (secondary N) is 2. The van der Waals surface area contributed by atoms with E-state index in [-0.39, 0.29) is 5.89 Å². The number of benzene rings is 1. The summed E-state index contributed by atoms with van der Waals surface area (Å²) < 4.78 is 30.1. The van der Waals surface area contributed by atoms with Crippen molar-refractivity contribution in [3.63, 3.8) is 0 Å². The normalized spacial score (nSPS) is 11.3. The minimum atomic E-state index is -2.83. The highest BCUT2D eigenvalue weighted by atomic mass is 19.3. The Morgan fingerprint density at radius 1 is 1.00 bits per heavy atom. The third-order valence-corrected chi connectivity index (χ3v) is 4.25. The molecular weight excluding hydrogens is 394 g/mol. The van der Waals surface area contributed by atoms with Crippen molar-refractivity contribution in [3.8, 4) is 22.7 Å². The maximum Gasteiger partial charge on any atom is 0.314 e. The quantitative estimate of drug-likeness (QED) is 0.447. The van der Waals surface area contributed by atoms with Gasteiger partial charge in [-0.2, -0.15) is 8.78 Å². The van der Waals surface area contributed by atoms with E-state index in [0.29, 0.717) is 11.5 Å². The van der Waals surface area contributed by atoms with Crippen molar-refractivity contribution in [1.82, 2.24) is 35.1 Å². The van der Waals surface area contributed by atoms with Gasteiger partial charge in [0.2, 0.25) is 5.95 Å². The number of rotatable bonds is 5. The Balaban J connectivity index is 1.44. The van der Waals surface area contributed by atoms with Gasteiger partial charge in [-0.25, -0.2) is 15.0 Å². The highest BCUT2D eigenvalue weighted by Crippen LogP contribution is 2.30. The van der Waals surface area contributed by atoms with Gasteiger partial charge in [-0.15, -0.1) is 10.2 Å². The Labute approximate surface area is 167 Å². The zero-order chi connectivity index (χ0) is 20.5. The molecule has 0 saturated carbocycles. The Morgan fingerprint density at radius 3 is 2.60 bits per heavy atom. The van der Waals surface area contributed by atoms with Gasteiger partial charge in [0.15, 0.2) is 0 Å². The molecule has 0 unspecified atom stereocenters. The maximum absolute atomic E-state index is 12.6. The average molecular weight is 406 g/mol. The van der Waals surface area contributed by atoms with Crippen LogP contribution in [0.15, 0.2) is 59.7 Å². The number of fused-ring (bicyclic) bond motifs is 1. The number of aromatic nitrogens is 7. The van der Waals surface area contributed by atoms with Crippen LogP contribution in [-0.2, 0) is 0 Å². The van der Waals surface area contributed by atoms with Crippen LogP contribution in [0, 0.1) is 0 Å². The van der Waals surface area contributed by atoms with Gasteiger partial charge in [0, 0.05) is 29.8 Å². The van der Waals surface area contributed by atoms with Crippen molar-refractivity contribution in [2.75, 3.05) is 5.32 Å². The van der Waals surface area contributed by atoms with E-state index in [1.54, 1.807) is 12.5 Å². The molecule has 0 radical (unpaired) electrons. The van der Waals surface area contributed by atoms with E-state index < -0.39 is 12.3 Å². The number of halogens is 2. The number of H-pyrrole nitrogens is 1. The molecule has 11 heteroatoms. The lowest BCUT2D eigenvalue weighted by Crippen LogP contribution is -1.98. The van der Waals surface area contributed by atoms with Gasteiger partial charge < -0.3 is 14.7 Å². The van der Waals surface area contributed by atoms with Crippen LogP contribution >= 0.6 is 0 Å². The van der Waals surface area contributed by atoms with Crippen molar-refractivity contribution in [2.45, 2.75) is 6.43 Å². The second-order valence-corrected chi connectivity index (χ2v) is 6.20. The zero-order valence-corrected chi connectivity index (χ0v) is 15.1. The van der Waals surface area contributed by atoms with E-state index in [4.69, 9.17) is 4.42 Å². The lowest BCUT2D eigenvalue weighted by molar-refractivity contribution is 0.116. The van der Waals surface area contributed by atoms with Gasteiger partial charge in [0.25, 0.3) is 11.8 Å². The molecule has 0 atom stereocenters. The molecule has 5 rings (SSSR count). The van der Waals surface area contributed by atoms with Gasteiger partial charge in [0.1, 0.15) is 0 Å². The molecule has 0 bridgehead atoms. The first-order valence-corrected chi connectivity index (χ1v) is 8.77. The number of hydrogen-bond acceptors (Lipinski definition) is 8. The van der Waals surface area contributed by atoms with E-state index in [1.807, 2.05) is 30.3 Å². The van der Waals surface area contributed by atoms with E-state index in [2.05, 4.69) is 40.4 Å². The molecule has 1 aromatic carbocycles. The summed E-state index contributed by atoms with van der Waals surface area (Å²) in [7, 11) is 0. The molecule has 4 heterocycles. The Hall–Kier alpha value is -4.28. The Morgan fingerprint density at radius 2 is 1.87 bits per heavy atom. The number of hydrogen-bond donors (Lipinski definition) is 2. The second kappa shape index (κ2) is 7.28. The molecular formula is C19H12F2N8O. The highest BCUT2D eigenvalue weighted by Gasteiger charge is 2.17. The molecule has 2 N–H and O–H groups in total. The second-order valence-electron chi connectivity index (χ2n) is 6.20. The lowest BCUT2D eigenvalue weighted by atomic mass is 10.1. The molecule has 0 aliphatic rings. The summed E-state index contributed by atoms with van der Waals surface area (Å²) in [5.74, 6) is -0.520. The fraction of sp³-hybridized carbons (Fsp3) is 0.0526. The number of pyridine rings is 1. The van der Waals surface area contributed by atoms with E-state index in [1.165, 1.54) is 12.4 Å². The third-order valence-electron chi connectivity index (χ3n) is 4.25. The molecule has 30 heavy (non-hydrogen) atoms. The molecule has 0 spiro atoms. The van der Waals surface area contributed by atoms with Gasteiger partial charge in [-0.1, -0.05) is 6.07 Å². The largest absolute Gasteiger partial charge is 0.415 e. The smallest absolute Gasteiger partial charge is 0.314 e. The van der Waals surface area contributed by atoms with Crippen LogP contribution in [-0.4, -0.2) is 35.1 Å². The first-order valence-electron chi connectivity index (χ1n) is 8.77. The van der Waals surface area contributed by atoms with Crippen LogP contribution in [0.4, 0.5) is 20.4 Å². The number of nitrogens with zero attached hydrogens (tertiary/aromatic N) is 6. The molecule has 0 amide bonds. The first-order chi connectivity index (χ1) is 14.7. The van der Waals surface area contributed by atoms with Crippen LogP contribution in [0.1, 0.15) is 12.3 Å². The molecule has 0 fully saturated rings. The molecule has 5 aromatic rings. The Bertz CT molecular complexity index is 1300. The predicted octanol–water partition coefficient (Wildman–Crippen LogP) is 4.15. The number of alkyl halides is 2. The Kier molecular flexibility index (Phi) is 4.32. The summed E-state index contributed by atoms with van der Waals surface area (Å²) in [5, 5.41) is 9.98. The topological polar surface area (TPSA) is 118 Å². The monoisotopic (exact) mass is 406 g/mol. The van der Waals surface area contributed by atoms with Gasteiger partial charge in [-0.3, -0.25) is 4.98 Å². The van der Waals surface area contributed by atoms with Crippen LogP contribution in [0.5, 0.6) is 0 Å². The maximum atomic E-state index is 12.6. The lowest BCUT2D eigenvalue weighted by Gasteiger charge is -2.08. The van der Waals surface area contributed by atoms with E-state index in [0.717, 1.165) is 28.0 Å². The molecule has 4 aromatic heterocycles. The fourth-order valence-electron chi connectivity index (χ4n) is 2.91. The van der Waals surface area contributed by atoms with Crippen molar-refractivity contribution >= 4 is 22.7 Å². The minimum Gasteiger partial charge on any atom is -0.415 e. The summed E-state index contributed by atoms with van der Waals surface area (Å²) >= 11 is 0. The first kappa shape index (κ1) is 17.8. The van der Waals surface area contributed by atoms with Crippen LogP contribution in [0.25, 0.3) is 33.7 Å². The summed E-state index contributed by atoms with van der Waals surface area (Å²) in [4.78, 5) is 20.2. The predicted molar refractivity (Wildman–Crippen MR) is 103 cm³/mol. The average Bonchev–Trinajstić information content (AvgIpc) is 3.44. The number of aromatic amines is 1. The number of anilines is 2. The minimum absolute atomic E-state index is 0.0758. The fourth-order valence-corrected chi connectivity index (χ4v) is 2.91. The molecule has 0 saturated heterocycles. The van der Waals surface area contributed by atoms with Crippen molar-refractivity contribution in [3.05, 3.63) is 61.1 Å². The van der Waals surface area contributed by atoms with Crippen LogP contribution in [0.3, 0.4) is 0 Å². The molecule has 148 valence electrons. The number of imidazole rings is 1. The van der Waals surface area contributed by atoms with Gasteiger partial charge in [0.05, 0.1) is 28.6 Å². The summed E-state index contributed by atoms with van der Waals surface area (Å²) in [6.07, 6.45) is 3.31. The van der Waals surface area contributed by atoms with Crippen molar-refractivity contribution in [1.29, 1.82) is 0 Å².